The molecule has 510 valence electrons. The topological polar surface area (TPSA) is 316 Å². The first-order valence-electron chi connectivity index (χ1n) is 32.8. The molecular weight excluding hydrogens is 1160 g/mol. The largest absolute Gasteiger partial charge is 0.445 e. The van der Waals surface area contributed by atoms with Gasteiger partial charge in [-0.3, -0.25) is 38.4 Å². The first-order chi connectivity index (χ1) is 43.0. The molecule has 22 heteroatoms. The van der Waals surface area contributed by atoms with Gasteiger partial charge < -0.3 is 61.4 Å². The third-order valence-corrected chi connectivity index (χ3v) is 18.1. The number of amides is 7. The number of carbonyl (C=O) groups excluding carboxylic acids is 10. The van der Waals surface area contributed by atoms with Crippen molar-refractivity contribution in [2.45, 2.75) is 208 Å². The highest BCUT2D eigenvalue weighted by Crippen LogP contribution is 2.33. The van der Waals surface area contributed by atoms with Crippen LogP contribution >= 0.6 is 0 Å². The Morgan fingerprint density at radius 1 is 0.725 bits per heavy atom. The number of ketones is 4. The molecule has 0 saturated carbocycles. The van der Waals surface area contributed by atoms with E-state index in [1.54, 1.807) is 62.1 Å². The quantitative estimate of drug-likeness (QED) is 0.0340. The minimum absolute atomic E-state index is 0.0194. The third kappa shape index (κ3) is 24.7. The molecule has 22 nitrogen and oxygen atoms in total. The van der Waals surface area contributed by atoms with E-state index in [9.17, 15) is 53.1 Å². The minimum atomic E-state index is -0.958. The summed E-state index contributed by atoms with van der Waals surface area (Å²) < 4.78 is 17.9. The number of hydrogen-bond donors (Lipinski definition) is 6. The van der Waals surface area contributed by atoms with Crippen LogP contribution < -0.4 is 27.4 Å². The molecule has 3 rings (SSSR count). The normalized spacial score (nSPS) is 16.9. The monoisotopic (exact) mass is 1270 g/mol. The summed E-state index contributed by atoms with van der Waals surface area (Å²) in [7, 11) is 6.25. The maximum atomic E-state index is 14.9. The SMILES string of the molecule is CC[C@H](C)[C@@H]([C@@H](CC(=O)N1CCC[C@H]1[C@H](OC)[C@@H](C)C(=O)C[C@H](C)[C@@H](O)c1ccccc1)OC)N(C)C(=O)[C@@H](CC(=O)C(C(C)C)N(C)C(=O)OCc1ccc(NC(=O)[C@H](CCCNC(N)=O)CC(=O)[C@@H](NC(=O)CCCCCC(=O)CN)C(C)C)cc1)C(C)C. The van der Waals surface area contributed by atoms with Gasteiger partial charge in [0.15, 0.2) is 11.6 Å². The lowest BCUT2D eigenvalue weighted by molar-refractivity contribution is -0.149. The Morgan fingerprint density at radius 2 is 1.37 bits per heavy atom. The Kier molecular flexibility index (Phi) is 34.3. The van der Waals surface area contributed by atoms with Gasteiger partial charge in [0.25, 0.3) is 0 Å². The Bertz CT molecular complexity index is 2660. The van der Waals surface area contributed by atoms with Crippen molar-refractivity contribution in [2.24, 2.45) is 58.8 Å². The highest BCUT2D eigenvalue weighted by atomic mass is 16.6. The van der Waals surface area contributed by atoms with Crippen molar-refractivity contribution in [2.75, 3.05) is 53.3 Å². The van der Waals surface area contributed by atoms with Crippen LogP contribution in [0.4, 0.5) is 15.3 Å². The highest BCUT2D eigenvalue weighted by Gasteiger charge is 2.44. The maximum Gasteiger partial charge on any atom is 0.410 e. The molecule has 1 unspecified atom stereocenters. The fraction of sp³-hybridized carbons (Fsp3) is 0.681. The van der Waals surface area contributed by atoms with Crippen molar-refractivity contribution in [3.05, 3.63) is 65.7 Å². The van der Waals surface area contributed by atoms with Crippen LogP contribution in [0, 0.1) is 47.3 Å². The number of nitrogens with one attached hydrogen (secondary N) is 3. The van der Waals surface area contributed by atoms with Crippen LogP contribution in [0.25, 0.3) is 0 Å². The molecule has 0 aromatic heterocycles. The number of unbranched alkanes of at least 4 members (excludes halogenated alkanes) is 2. The van der Waals surface area contributed by atoms with E-state index in [-0.39, 0.29) is 135 Å². The van der Waals surface area contributed by atoms with Crippen molar-refractivity contribution >= 4 is 64.6 Å². The van der Waals surface area contributed by atoms with Crippen LogP contribution in [-0.4, -0.2) is 163 Å². The summed E-state index contributed by atoms with van der Waals surface area (Å²) in [4.78, 5) is 140. The summed E-state index contributed by atoms with van der Waals surface area (Å²) in [6.07, 6.45) is 1.67. The summed E-state index contributed by atoms with van der Waals surface area (Å²) in [5.74, 6) is -5.64. The van der Waals surface area contributed by atoms with Gasteiger partial charge in [0, 0.05) is 96.9 Å². The lowest BCUT2D eigenvalue weighted by Gasteiger charge is -2.41. The smallest absolute Gasteiger partial charge is 0.410 e. The first-order valence-corrected chi connectivity index (χ1v) is 32.8. The van der Waals surface area contributed by atoms with E-state index in [1.165, 1.54) is 19.1 Å². The van der Waals surface area contributed by atoms with Gasteiger partial charge >= 0.3 is 12.1 Å². The molecule has 0 spiro atoms. The fourth-order valence-corrected chi connectivity index (χ4v) is 12.5. The van der Waals surface area contributed by atoms with Gasteiger partial charge in [-0.25, -0.2) is 9.59 Å². The average Bonchev–Trinajstić information content (AvgIpc) is 1.85. The summed E-state index contributed by atoms with van der Waals surface area (Å²) in [5, 5.41) is 19.2. The van der Waals surface area contributed by atoms with E-state index in [0.29, 0.717) is 69.2 Å². The van der Waals surface area contributed by atoms with E-state index in [1.807, 2.05) is 85.7 Å². The van der Waals surface area contributed by atoms with Crippen LogP contribution in [-0.2, 0) is 59.2 Å². The first kappa shape index (κ1) is 78.6. The van der Waals surface area contributed by atoms with Gasteiger partial charge in [0.1, 0.15) is 18.2 Å². The van der Waals surface area contributed by atoms with E-state index in [0.717, 1.165) is 5.56 Å². The molecule has 1 fully saturated rings. The number of Topliss-reactive ketones (excluding diaryl/α,β-unsaturated/α-hetero) is 4. The molecule has 12 atom stereocenters. The van der Waals surface area contributed by atoms with E-state index in [4.69, 9.17) is 25.7 Å². The second-order valence-corrected chi connectivity index (χ2v) is 26.0. The lowest BCUT2D eigenvalue weighted by atomic mass is 9.83. The second-order valence-electron chi connectivity index (χ2n) is 26.0. The number of aliphatic hydroxyl groups excluding tert-OH is 1. The van der Waals surface area contributed by atoms with Gasteiger partial charge in [-0.2, -0.15) is 0 Å². The van der Waals surface area contributed by atoms with Gasteiger partial charge in [-0.15, -0.1) is 0 Å². The Balaban J connectivity index is 1.69. The maximum absolute atomic E-state index is 14.9. The lowest BCUT2D eigenvalue weighted by Crippen LogP contribution is -2.54. The summed E-state index contributed by atoms with van der Waals surface area (Å²) >= 11 is 0. The Labute approximate surface area is 541 Å². The number of urea groups is 1. The Morgan fingerprint density at radius 3 is 1.95 bits per heavy atom. The molecule has 2 aromatic carbocycles. The van der Waals surface area contributed by atoms with Crippen LogP contribution in [0.3, 0.4) is 0 Å². The number of likely N-dealkylation sites (tertiary alicyclic amines) is 1. The summed E-state index contributed by atoms with van der Waals surface area (Å²) in [6, 6.07) is 12.3. The zero-order valence-electron chi connectivity index (χ0n) is 56.8. The number of benzene rings is 2. The summed E-state index contributed by atoms with van der Waals surface area (Å²) in [5.41, 5.74) is 12.3. The number of likely N-dealkylation sites (N-methyl/N-ethyl adjacent to an activating group) is 2. The molecule has 2 aromatic rings. The van der Waals surface area contributed by atoms with Crippen molar-refractivity contribution < 1.29 is 67.3 Å². The van der Waals surface area contributed by atoms with Crippen LogP contribution in [0.5, 0.6) is 0 Å². The number of carbonyl (C=O) groups is 10. The number of nitrogens with zero attached hydrogens (tertiary/aromatic N) is 3. The number of ether oxygens (including phenoxy) is 3. The van der Waals surface area contributed by atoms with Gasteiger partial charge in [-0.1, -0.05) is 125 Å². The third-order valence-electron chi connectivity index (χ3n) is 18.1. The molecule has 8 N–H and O–H groups in total. The zero-order chi connectivity index (χ0) is 68.2. The number of nitrogens with two attached hydrogens (primary N) is 2. The van der Waals surface area contributed by atoms with Gasteiger partial charge in [-0.05, 0) is 91.4 Å². The fourth-order valence-electron chi connectivity index (χ4n) is 12.5. The molecule has 7 amide bonds. The number of methoxy groups -OCH3 is 2. The molecule has 1 heterocycles. The van der Waals surface area contributed by atoms with Crippen molar-refractivity contribution in [1.29, 1.82) is 0 Å². The number of aliphatic hydroxyl groups is 1. The molecule has 1 aliphatic heterocycles. The second kappa shape index (κ2) is 39.7. The van der Waals surface area contributed by atoms with Crippen molar-refractivity contribution in [1.82, 2.24) is 25.3 Å². The minimum Gasteiger partial charge on any atom is -0.445 e. The molecule has 1 aliphatic rings. The number of hydrogen-bond acceptors (Lipinski definition) is 15. The predicted octanol–water partition coefficient (Wildman–Crippen LogP) is 8.34. The van der Waals surface area contributed by atoms with E-state index < -0.39 is 72.2 Å². The zero-order valence-corrected chi connectivity index (χ0v) is 56.8. The standard InChI is InChI=1S/C69H110N8O14/c1-15-45(8)63(58(89-13)39-60(83)77-35-23-28-54(77)65(90-14)47(10)55(79)36-46(9)64(84)49-24-18-16-19-25-49)75(11)67(86)53(42(2)3)38-57(81)62(44(6)7)76(12)69(88)91-41-48-30-32-51(33-31-48)73-66(85)50(26-22-34-72-68(71)87)37-56(80)61(43(4)5)74-59(82)29-21-17-20-27-52(78)40-70/h16,18-19,24-25,30-33,42-47,50,53-54,58,61-65,84H,15,17,20-23,26-29,34-41,70H2,1-14H3,(H,73,85)(H,74,82)(H3,71,72,87)/t45-,46-,47-,50+,53-,54-,58+,61-,62?,63-,64+,65+/m0/s1. The van der Waals surface area contributed by atoms with Crippen LogP contribution in [0.15, 0.2) is 54.6 Å². The van der Waals surface area contributed by atoms with Gasteiger partial charge in [0.2, 0.25) is 23.6 Å². The molecule has 91 heavy (non-hydrogen) atoms. The molecular formula is C69H110N8O14. The number of primary amides is 1. The van der Waals surface area contributed by atoms with Crippen molar-refractivity contribution in [3.63, 3.8) is 0 Å². The number of anilines is 1. The van der Waals surface area contributed by atoms with Crippen LogP contribution in [0.1, 0.15) is 176 Å². The Hall–Kier alpha value is -6.62. The van der Waals surface area contributed by atoms with E-state index >= 15 is 0 Å². The average molecular weight is 1280 g/mol. The molecule has 0 bridgehead atoms. The number of rotatable bonds is 42. The van der Waals surface area contributed by atoms with E-state index in [2.05, 4.69) is 16.0 Å². The molecule has 0 aliphatic carbocycles. The van der Waals surface area contributed by atoms with Gasteiger partial charge in [0.05, 0.1) is 55.4 Å². The van der Waals surface area contributed by atoms with Crippen LogP contribution in [0.2, 0.25) is 0 Å². The van der Waals surface area contributed by atoms with Crippen molar-refractivity contribution in [3.8, 4) is 0 Å². The predicted molar refractivity (Wildman–Crippen MR) is 350 cm³/mol. The molecule has 1 saturated heterocycles. The molecule has 0 radical (unpaired) electrons. The summed E-state index contributed by atoms with van der Waals surface area (Å²) in [6.45, 7) is 19.1. The highest BCUT2D eigenvalue weighted by molar-refractivity contribution is 5.97.